The summed E-state index contributed by atoms with van der Waals surface area (Å²) in [6, 6.07) is 21.7. The first kappa shape index (κ1) is 23.4. The van der Waals surface area contributed by atoms with Crippen LogP contribution < -0.4 is 9.62 Å². The van der Waals surface area contributed by atoms with E-state index in [1.54, 1.807) is 0 Å². The highest BCUT2D eigenvalue weighted by molar-refractivity contribution is 7.90. The van der Waals surface area contributed by atoms with Crippen molar-refractivity contribution >= 4 is 21.8 Å². The molecule has 3 rings (SSSR count). The summed E-state index contributed by atoms with van der Waals surface area (Å²) in [5, 5.41) is 2.98. The van der Waals surface area contributed by atoms with Crippen LogP contribution in [0.5, 0.6) is 0 Å². The Labute approximate surface area is 188 Å². The van der Waals surface area contributed by atoms with E-state index in [4.69, 9.17) is 0 Å². The van der Waals surface area contributed by atoms with Gasteiger partial charge in [-0.25, -0.2) is 8.70 Å². The van der Waals surface area contributed by atoms with Gasteiger partial charge in [-0.2, -0.15) is 12.7 Å². The lowest BCUT2D eigenvalue weighted by atomic mass is 9.95. The third-order valence-electron chi connectivity index (χ3n) is 5.08. The van der Waals surface area contributed by atoms with Gasteiger partial charge in [0, 0.05) is 14.1 Å². The lowest BCUT2D eigenvalue weighted by Crippen LogP contribution is -2.46. The molecule has 0 saturated heterocycles. The number of halogens is 1. The number of anilines is 1. The normalized spacial score (nSPS) is 12.4. The molecule has 0 radical (unpaired) electrons. The lowest BCUT2D eigenvalue weighted by Gasteiger charge is -2.28. The maximum atomic E-state index is 13.4. The van der Waals surface area contributed by atoms with Gasteiger partial charge in [0.2, 0.25) is 5.91 Å². The van der Waals surface area contributed by atoms with Crippen LogP contribution >= 0.6 is 0 Å². The van der Waals surface area contributed by atoms with Crippen molar-refractivity contribution < 1.29 is 17.6 Å². The molecular formula is C24H26FN3O3S. The second-order valence-corrected chi connectivity index (χ2v) is 9.61. The van der Waals surface area contributed by atoms with E-state index in [0.717, 1.165) is 37.4 Å². The standard InChI is InChI=1S/C24H26FN3O3S/c1-18-9-7-8-12-22(18)24(19-10-5-4-6-11-19)26-23(29)17-28(32(30,31)27(2)3)21-15-13-20(25)14-16-21/h4-16,24H,17H2,1-3H3,(H,26,29)/t24-/m0/s1. The number of hydrogen-bond acceptors (Lipinski definition) is 3. The fraction of sp³-hybridized carbons (Fsp3) is 0.208. The number of nitrogens with one attached hydrogen (secondary N) is 1. The summed E-state index contributed by atoms with van der Waals surface area (Å²) in [5.74, 6) is -0.985. The first-order valence-corrected chi connectivity index (χ1v) is 11.5. The van der Waals surface area contributed by atoms with Gasteiger partial charge in [0.15, 0.2) is 0 Å². The number of benzene rings is 3. The molecule has 0 aliphatic heterocycles. The summed E-state index contributed by atoms with van der Waals surface area (Å²) in [4.78, 5) is 13.1. The molecule has 3 aromatic carbocycles. The molecule has 3 aromatic rings. The number of rotatable bonds is 8. The quantitative estimate of drug-likeness (QED) is 0.564. The molecule has 0 spiro atoms. The minimum atomic E-state index is -3.99. The monoisotopic (exact) mass is 455 g/mol. The van der Waals surface area contributed by atoms with E-state index in [0.29, 0.717) is 0 Å². The highest BCUT2D eigenvalue weighted by Crippen LogP contribution is 2.25. The average molecular weight is 456 g/mol. The topological polar surface area (TPSA) is 69.7 Å². The first-order chi connectivity index (χ1) is 15.2. The molecule has 1 N–H and O–H groups in total. The highest BCUT2D eigenvalue weighted by Gasteiger charge is 2.28. The van der Waals surface area contributed by atoms with E-state index in [2.05, 4.69) is 5.32 Å². The number of aryl methyl sites for hydroxylation is 1. The number of nitrogens with zero attached hydrogens (tertiary/aromatic N) is 2. The van der Waals surface area contributed by atoms with Gasteiger partial charge in [-0.1, -0.05) is 54.6 Å². The van der Waals surface area contributed by atoms with Crippen LogP contribution in [0.25, 0.3) is 0 Å². The molecule has 32 heavy (non-hydrogen) atoms. The first-order valence-electron chi connectivity index (χ1n) is 10.1. The molecule has 0 bridgehead atoms. The summed E-state index contributed by atoms with van der Waals surface area (Å²) in [6.45, 7) is 1.50. The van der Waals surface area contributed by atoms with Crippen molar-refractivity contribution in [2.24, 2.45) is 0 Å². The van der Waals surface area contributed by atoms with Gasteiger partial charge in [0.25, 0.3) is 0 Å². The molecule has 1 amide bonds. The van der Waals surface area contributed by atoms with Crippen molar-refractivity contribution in [2.75, 3.05) is 24.9 Å². The largest absolute Gasteiger partial charge is 0.344 e. The Morgan fingerprint density at radius 1 is 0.938 bits per heavy atom. The van der Waals surface area contributed by atoms with Crippen LogP contribution in [0.2, 0.25) is 0 Å². The molecule has 8 heteroatoms. The third-order valence-corrected chi connectivity index (χ3v) is 6.90. The molecular weight excluding hydrogens is 429 g/mol. The zero-order chi connectivity index (χ0) is 23.3. The minimum absolute atomic E-state index is 0.197. The molecule has 1 atom stereocenters. The van der Waals surface area contributed by atoms with Crippen LogP contribution in [0.3, 0.4) is 0 Å². The Morgan fingerprint density at radius 2 is 1.53 bits per heavy atom. The van der Waals surface area contributed by atoms with Crippen LogP contribution in [0.15, 0.2) is 78.9 Å². The van der Waals surface area contributed by atoms with Gasteiger partial charge in [0.05, 0.1) is 11.7 Å². The Morgan fingerprint density at radius 3 is 2.12 bits per heavy atom. The van der Waals surface area contributed by atoms with Gasteiger partial charge >= 0.3 is 10.2 Å². The number of amides is 1. The highest BCUT2D eigenvalue weighted by atomic mass is 32.2. The summed E-state index contributed by atoms with van der Waals surface area (Å²) >= 11 is 0. The maximum absolute atomic E-state index is 13.4. The van der Waals surface area contributed by atoms with Crippen molar-refractivity contribution in [2.45, 2.75) is 13.0 Å². The van der Waals surface area contributed by atoms with Crippen LogP contribution in [-0.4, -0.2) is 39.3 Å². The predicted molar refractivity (Wildman–Crippen MR) is 124 cm³/mol. The third kappa shape index (κ3) is 5.33. The zero-order valence-corrected chi connectivity index (χ0v) is 19.0. The smallest absolute Gasteiger partial charge is 0.304 e. The van der Waals surface area contributed by atoms with Gasteiger partial charge in [0.1, 0.15) is 12.4 Å². The number of carbonyl (C=O) groups excluding carboxylic acids is 1. The molecule has 168 valence electrons. The van der Waals surface area contributed by atoms with Crippen molar-refractivity contribution in [3.05, 3.63) is 101 Å². The molecule has 0 aliphatic carbocycles. The Kier molecular flexibility index (Phi) is 7.27. The predicted octanol–water partition coefficient (Wildman–Crippen LogP) is 3.65. The average Bonchev–Trinajstić information content (AvgIpc) is 2.77. The molecule has 0 unspecified atom stereocenters. The Hall–Kier alpha value is -3.23. The fourth-order valence-electron chi connectivity index (χ4n) is 3.34. The molecule has 0 aliphatic rings. The second kappa shape index (κ2) is 9.93. The van der Waals surface area contributed by atoms with Crippen molar-refractivity contribution in [1.82, 2.24) is 9.62 Å². The van der Waals surface area contributed by atoms with E-state index in [-0.39, 0.29) is 5.69 Å². The fourth-order valence-corrected chi connectivity index (χ4v) is 4.41. The van der Waals surface area contributed by atoms with E-state index in [9.17, 15) is 17.6 Å². The van der Waals surface area contributed by atoms with Crippen molar-refractivity contribution in [1.29, 1.82) is 0 Å². The van der Waals surface area contributed by atoms with E-state index in [1.165, 1.54) is 26.2 Å². The van der Waals surface area contributed by atoms with Gasteiger partial charge < -0.3 is 5.32 Å². The zero-order valence-electron chi connectivity index (χ0n) is 18.2. The second-order valence-electron chi connectivity index (χ2n) is 7.54. The van der Waals surface area contributed by atoms with Crippen LogP contribution in [0.1, 0.15) is 22.7 Å². The van der Waals surface area contributed by atoms with Gasteiger partial charge in [-0.15, -0.1) is 0 Å². The van der Waals surface area contributed by atoms with Crippen LogP contribution in [0.4, 0.5) is 10.1 Å². The Balaban J connectivity index is 1.94. The number of carbonyl (C=O) groups is 1. The SMILES string of the molecule is Cc1ccccc1[C@@H](NC(=O)CN(c1ccc(F)cc1)S(=O)(=O)N(C)C)c1ccccc1. The van der Waals surface area contributed by atoms with Crippen molar-refractivity contribution in [3.8, 4) is 0 Å². The maximum Gasteiger partial charge on any atom is 0.304 e. The molecule has 0 saturated carbocycles. The van der Waals surface area contributed by atoms with Gasteiger partial charge in [-0.05, 0) is 47.9 Å². The summed E-state index contributed by atoms with van der Waals surface area (Å²) in [5.41, 5.74) is 2.98. The molecule has 6 nitrogen and oxygen atoms in total. The van der Waals surface area contributed by atoms with E-state index in [1.807, 2.05) is 61.5 Å². The van der Waals surface area contributed by atoms with Gasteiger partial charge in [-0.3, -0.25) is 4.79 Å². The number of hydrogen-bond donors (Lipinski definition) is 1. The van der Waals surface area contributed by atoms with Crippen LogP contribution in [0, 0.1) is 12.7 Å². The van der Waals surface area contributed by atoms with Crippen LogP contribution in [-0.2, 0) is 15.0 Å². The summed E-state index contributed by atoms with van der Waals surface area (Å²) in [7, 11) is -1.23. The van der Waals surface area contributed by atoms with Crippen molar-refractivity contribution in [3.63, 3.8) is 0 Å². The summed E-state index contributed by atoms with van der Waals surface area (Å²) < 4.78 is 41.2. The van der Waals surface area contributed by atoms with E-state index >= 15 is 0 Å². The van der Waals surface area contributed by atoms with E-state index < -0.39 is 34.5 Å². The minimum Gasteiger partial charge on any atom is -0.344 e. The molecule has 0 aromatic heterocycles. The lowest BCUT2D eigenvalue weighted by molar-refractivity contribution is -0.120. The summed E-state index contributed by atoms with van der Waals surface area (Å²) in [6.07, 6.45) is 0. The molecule has 0 heterocycles. The molecule has 0 fully saturated rings. The Bertz CT molecular complexity index is 1170.